The molecular formula is C9H13F3O2. The van der Waals surface area contributed by atoms with Gasteiger partial charge in [-0.2, -0.15) is 13.2 Å². The maximum absolute atomic E-state index is 12.0. The molecule has 0 unspecified atom stereocenters. The van der Waals surface area contributed by atoms with Gasteiger partial charge in [-0.25, -0.2) is 4.79 Å². The standard InChI is InChI=1S/C9H13F3O2/c1-6(9(10,11)12)5-7(13)14-8(2,3)4/h5H,1-4H3/b6-5-. The van der Waals surface area contributed by atoms with Crippen LogP contribution in [0.25, 0.3) is 0 Å². The van der Waals surface area contributed by atoms with E-state index in [4.69, 9.17) is 0 Å². The molecule has 0 aromatic heterocycles. The summed E-state index contributed by atoms with van der Waals surface area (Å²) in [4.78, 5) is 10.9. The minimum absolute atomic E-state index is 0.450. The molecule has 0 aliphatic rings. The average Bonchev–Trinajstić information content (AvgIpc) is 1.79. The first-order valence-corrected chi connectivity index (χ1v) is 4.01. The van der Waals surface area contributed by atoms with Gasteiger partial charge in [-0.15, -0.1) is 0 Å². The van der Waals surface area contributed by atoms with Crippen molar-refractivity contribution in [3.8, 4) is 0 Å². The fraction of sp³-hybridized carbons (Fsp3) is 0.667. The molecule has 0 saturated carbocycles. The van der Waals surface area contributed by atoms with Gasteiger partial charge in [0, 0.05) is 11.6 Å². The Morgan fingerprint density at radius 1 is 1.21 bits per heavy atom. The van der Waals surface area contributed by atoms with E-state index in [2.05, 4.69) is 4.74 Å². The van der Waals surface area contributed by atoms with E-state index in [-0.39, 0.29) is 0 Å². The van der Waals surface area contributed by atoms with Crippen molar-refractivity contribution in [2.24, 2.45) is 0 Å². The van der Waals surface area contributed by atoms with Crippen LogP contribution in [0.1, 0.15) is 27.7 Å². The minimum atomic E-state index is -4.48. The van der Waals surface area contributed by atoms with E-state index in [0.717, 1.165) is 6.92 Å². The summed E-state index contributed by atoms with van der Waals surface area (Å²) in [5, 5.41) is 0. The van der Waals surface area contributed by atoms with E-state index in [9.17, 15) is 18.0 Å². The molecule has 0 rings (SSSR count). The zero-order valence-corrected chi connectivity index (χ0v) is 8.53. The van der Waals surface area contributed by atoms with Crippen molar-refractivity contribution in [1.29, 1.82) is 0 Å². The zero-order chi connectivity index (χ0) is 11.6. The smallest absolute Gasteiger partial charge is 0.412 e. The molecule has 0 amide bonds. The van der Waals surface area contributed by atoms with Gasteiger partial charge >= 0.3 is 12.1 Å². The van der Waals surface area contributed by atoms with Gasteiger partial charge in [0.15, 0.2) is 0 Å². The molecule has 5 heteroatoms. The van der Waals surface area contributed by atoms with Gasteiger partial charge in [-0.05, 0) is 27.7 Å². The first-order chi connectivity index (χ1) is 6.02. The third-order valence-electron chi connectivity index (χ3n) is 1.19. The second-order valence-corrected chi connectivity index (χ2v) is 3.86. The molecule has 0 aliphatic carbocycles. The first kappa shape index (κ1) is 13.0. The number of rotatable bonds is 1. The van der Waals surface area contributed by atoms with Crippen LogP contribution in [0, 0.1) is 0 Å². The highest BCUT2D eigenvalue weighted by atomic mass is 19.4. The Hall–Kier alpha value is -1.00. The second kappa shape index (κ2) is 4.02. The lowest BCUT2D eigenvalue weighted by molar-refractivity contribution is -0.149. The topological polar surface area (TPSA) is 26.3 Å². The molecule has 0 saturated heterocycles. The number of carbonyl (C=O) groups is 1. The first-order valence-electron chi connectivity index (χ1n) is 4.01. The van der Waals surface area contributed by atoms with E-state index in [1.54, 1.807) is 20.8 Å². The van der Waals surface area contributed by atoms with E-state index in [0.29, 0.717) is 6.08 Å². The van der Waals surface area contributed by atoms with E-state index in [1.807, 2.05) is 0 Å². The number of alkyl halides is 3. The molecule has 0 aromatic rings. The number of esters is 1. The minimum Gasteiger partial charge on any atom is -0.457 e. The number of halogens is 3. The Morgan fingerprint density at radius 3 is 1.93 bits per heavy atom. The van der Waals surface area contributed by atoms with Gasteiger partial charge in [0.05, 0.1) is 0 Å². The van der Waals surface area contributed by atoms with Gasteiger partial charge in [0.1, 0.15) is 5.60 Å². The van der Waals surface area contributed by atoms with Crippen LogP contribution < -0.4 is 0 Å². The predicted molar refractivity (Wildman–Crippen MR) is 45.7 cm³/mol. The summed E-state index contributed by atoms with van der Waals surface area (Å²) in [5.41, 5.74) is -1.74. The third kappa shape index (κ3) is 5.61. The summed E-state index contributed by atoms with van der Waals surface area (Å²) in [6.45, 7) is 5.58. The fourth-order valence-electron chi connectivity index (χ4n) is 0.590. The van der Waals surface area contributed by atoms with Gasteiger partial charge in [-0.1, -0.05) is 0 Å². The fourth-order valence-corrected chi connectivity index (χ4v) is 0.590. The number of ether oxygens (including phenoxy) is 1. The predicted octanol–water partition coefficient (Wildman–Crippen LogP) is 2.84. The molecule has 0 heterocycles. The molecule has 0 atom stereocenters. The molecule has 0 radical (unpaired) electrons. The Morgan fingerprint density at radius 2 is 1.64 bits per heavy atom. The summed E-state index contributed by atoms with van der Waals surface area (Å²) in [5.74, 6) is -0.979. The van der Waals surface area contributed by atoms with Crippen LogP contribution >= 0.6 is 0 Å². The SMILES string of the molecule is C/C(=C/C(=O)OC(C)(C)C)C(F)(F)F. The van der Waals surface area contributed by atoms with Crippen molar-refractivity contribution >= 4 is 5.97 Å². The molecule has 0 aliphatic heterocycles. The highest BCUT2D eigenvalue weighted by Crippen LogP contribution is 2.24. The number of allylic oxidation sites excluding steroid dienone is 1. The van der Waals surface area contributed by atoms with Crippen LogP contribution in [0.4, 0.5) is 13.2 Å². The summed E-state index contributed by atoms with van der Waals surface area (Å²) in [7, 11) is 0. The molecule has 82 valence electrons. The third-order valence-corrected chi connectivity index (χ3v) is 1.19. The summed E-state index contributed by atoms with van der Waals surface area (Å²) < 4.78 is 40.6. The Kier molecular flexibility index (Phi) is 3.73. The summed E-state index contributed by atoms with van der Waals surface area (Å²) in [6, 6.07) is 0. The number of carbonyl (C=O) groups excluding carboxylic acids is 1. The van der Waals surface area contributed by atoms with E-state index in [1.165, 1.54) is 0 Å². The molecule has 0 bridgehead atoms. The number of hydrogen-bond donors (Lipinski definition) is 0. The zero-order valence-electron chi connectivity index (χ0n) is 8.53. The van der Waals surface area contributed by atoms with Crippen LogP contribution in [-0.2, 0) is 9.53 Å². The van der Waals surface area contributed by atoms with Gasteiger partial charge in [-0.3, -0.25) is 0 Å². The Bertz CT molecular complexity index is 246. The Labute approximate surface area is 80.7 Å². The second-order valence-electron chi connectivity index (χ2n) is 3.86. The van der Waals surface area contributed by atoms with Crippen LogP contribution in [0.5, 0.6) is 0 Å². The van der Waals surface area contributed by atoms with Crippen molar-refractivity contribution in [3.63, 3.8) is 0 Å². The highest BCUT2D eigenvalue weighted by Gasteiger charge is 2.31. The lowest BCUT2D eigenvalue weighted by Gasteiger charge is -2.18. The molecule has 0 aromatic carbocycles. The molecule has 14 heavy (non-hydrogen) atoms. The van der Waals surface area contributed by atoms with E-state index < -0.39 is 23.3 Å². The van der Waals surface area contributed by atoms with Crippen molar-refractivity contribution in [2.75, 3.05) is 0 Å². The largest absolute Gasteiger partial charge is 0.457 e. The van der Waals surface area contributed by atoms with Crippen molar-refractivity contribution in [2.45, 2.75) is 39.5 Å². The van der Waals surface area contributed by atoms with Crippen molar-refractivity contribution in [3.05, 3.63) is 11.6 Å². The normalized spacial score (nSPS) is 14.1. The molecule has 0 spiro atoms. The quantitative estimate of drug-likeness (QED) is 0.491. The lowest BCUT2D eigenvalue weighted by atomic mass is 10.2. The van der Waals surface area contributed by atoms with Gasteiger partial charge in [0.2, 0.25) is 0 Å². The molecule has 0 N–H and O–H groups in total. The molecular weight excluding hydrogens is 197 g/mol. The lowest BCUT2D eigenvalue weighted by Crippen LogP contribution is -2.23. The van der Waals surface area contributed by atoms with Gasteiger partial charge < -0.3 is 4.74 Å². The maximum atomic E-state index is 12.0. The van der Waals surface area contributed by atoms with Crippen LogP contribution in [0.3, 0.4) is 0 Å². The maximum Gasteiger partial charge on any atom is 0.412 e. The van der Waals surface area contributed by atoms with Crippen LogP contribution in [-0.4, -0.2) is 17.7 Å². The van der Waals surface area contributed by atoms with Crippen molar-refractivity contribution in [1.82, 2.24) is 0 Å². The van der Waals surface area contributed by atoms with Crippen LogP contribution in [0.2, 0.25) is 0 Å². The van der Waals surface area contributed by atoms with E-state index >= 15 is 0 Å². The average molecular weight is 210 g/mol. The van der Waals surface area contributed by atoms with Crippen LogP contribution in [0.15, 0.2) is 11.6 Å². The highest BCUT2D eigenvalue weighted by molar-refractivity contribution is 5.83. The monoisotopic (exact) mass is 210 g/mol. The molecule has 2 nitrogen and oxygen atoms in total. The summed E-state index contributed by atoms with van der Waals surface area (Å²) >= 11 is 0. The molecule has 0 fully saturated rings. The summed E-state index contributed by atoms with van der Waals surface area (Å²) in [6.07, 6.45) is -4.03. The van der Waals surface area contributed by atoms with Gasteiger partial charge in [0.25, 0.3) is 0 Å². The van der Waals surface area contributed by atoms with Crippen molar-refractivity contribution < 1.29 is 22.7 Å². The Balaban J connectivity index is 4.46. The number of hydrogen-bond acceptors (Lipinski definition) is 2.